The van der Waals surface area contributed by atoms with Crippen LogP contribution >= 0.6 is 34.7 Å². The Morgan fingerprint density at radius 3 is 2.76 bits per heavy atom. The monoisotopic (exact) mass is 461 g/mol. The lowest BCUT2D eigenvalue weighted by molar-refractivity contribution is -0.137. The first kappa shape index (κ1) is 21.7. The first-order chi connectivity index (χ1) is 13.6. The average Bonchev–Trinajstić information content (AvgIpc) is 2.90. The van der Waals surface area contributed by atoms with Crippen LogP contribution in [0.25, 0.3) is 10.2 Å². The van der Waals surface area contributed by atoms with E-state index in [4.69, 9.17) is 11.6 Å². The molecule has 0 saturated heterocycles. The van der Waals surface area contributed by atoms with Gasteiger partial charge in [0.25, 0.3) is 5.56 Å². The number of rotatable bonds is 5. The first-order valence-corrected chi connectivity index (χ1v) is 10.6. The highest BCUT2D eigenvalue weighted by atomic mass is 35.5. The number of amides is 1. The van der Waals surface area contributed by atoms with E-state index in [-0.39, 0.29) is 22.8 Å². The molecule has 0 aliphatic carbocycles. The number of alkyl halides is 3. The van der Waals surface area contributed by atoms with E-state index in [9.17, 15) is 22.8 Å². The molecule has 3 aromatic rings. The van der Waals surface area contributed by atoms with Crippen molar-refractivity contribution in [2.45, 2.75) is 25.8 Å². The van der Waals surface area contributed by atoms with Crippen molar-refractivity contribution >= 4 is 56.5 Å². The van der Waals surface area contributed by atoms with Gasteiger partial charge < -0.3 is 10.3 Å². The molecule has 0 aliphatic rings. The Labute approximate surface area is 176 Å². The Hall–Kier alpha value is -2.04. The third-order valence-corrected chi connectivity index (χ3v) is 6.49. The fourth-order valence-corrected chi connectivity index (χ4v) is 4.59. The first-order valence-electron chi connectivity index (χ1n) is 8.29. The van der Waals surface area contributed by atoms with Gasteiger partial charge in [-0.2, -0.15) is 13.2 Å². The molecule has 0 atom stereocenters. The number of hydrogen-bond donors (Lipinski definition) is 2. The van der Waals surface area contributed by atoms with Gasteiger partial charge in [-0.25, -0.2) is 4.98 Å². The zero-order valence-corrected chi connectivity index (χ0v) is 17.6. The van der Waals surface area contributed by atoms with Gasteiger partial charge in [0.1, 0.15) is 10.7 Å². The van der Waals surface area contributed by atoms with Crippen molar-refractivity contribution < 1.29 is 18.0 Å². The topological polar surface area (TPSA) is 74.8 Å². The summed E-state index contributed by atoms with van der Waals surface area (Å²) < 4.78 is 38.7. The zero-order valence-electron chi connectivity index (χ0n) is 15.2. The molecule has 1 aromatic carbocycles. The van der Waals surface area contributed by atoms with Crippen LogP contribution in [0.3, 0.4) is 0 Å². The van der Waals surface area contributed by atoms with Crippen LogP contribution in [0.2, 0.25) is 5.02 Å². The van der Waals surface area contributed by atoms with Crippen LogP contribution in [0.4, 0.5) is 18.9 Å². The fourth-order valence-electron chi connectivity index (χ4n) is 2.63. The average molecular weight is 462 g/mol. The number of hydrogen-bond acceptors (Lipinski definition) is 5. The third-order valence-electron chi connectivity index (χ3n) is 4.12. The number of thioether (sulfide) groups is 1. The Balaban J connectivity index is 1.62. The number of anilines is 1. The van der Waals surface area contributed by atoms with Gasteiger partial charge in [0.05, 0.1) is 27.5 Å². The smallest absolute Gasteiger partial charge is 0.325 e. The van der Waals surface area contributed by atoms with Crippen LogP contribution < -0.4 is 10.9 Å². The molecular formula is C18H15ClF3N3O2S2. The molecule has 2 N–H and O–H groups in total. The van der Waals surface area contributed by atoms with Crippen molar-refractivity contribution in [3.05, 3.63) is 55.4 Å². The number of benzene rings is 1. The molecule has 0 radical (unpaired) electrons. The highest BCUT2D eigenvalue weighted by molar-refractivity contribution is 7.99. The van der Waals surface area contributed by atoms with Gasteiger partial charge in [0.2, 0.25) is 5.91 Å². The van der Waals surface area contributed by atoms with E-state index in [2.05, 4.69) is 15.3 Å². The van der Waals surface area contributed by atoms with Gasteiger partial charge in [0.15, 0.2) is 0 Å². The summed E-state index contributed by atoms with van der Waals surface area (Å²) >= 11 is 8.18. The van der Waals surface area contributed by atoms with E-state index in [0.717, 1.165) is 22.6 Å². The molecular weight excluding hydrogens is 447 g/mol. The number of H-pyrrole nitrogens is 1. The van der Waals surface area contributed by atoms with Crippen LogP contribution in [0, 0.1) is 13.8 Å². The standard InChI is InChI=1S/C18H15ClF3N3O2S2/c1-8-9(2)29-17-15(8)16(27)24-13(25-17)6-28-7-14(26)23-10-3-4-12(19)11(5-10)18(20,21)22/h3-5H,6-7H2,1-2H3,(H,23,26)(H,24,25,27). The molecule has 1 amide bonds. The number of aromatic amines is 1. The van der Waals surface area contributed by atoms with E-state index in [1.807, 2.05) is 13.8 Å². The molecule has 0 aliphatic heterocycles. The molecule has 0 bridgehead atoms. The molecule has 11 heteroatoms. The number of nitrogens with zero attached hydrogens (tertiary/aromatic N) is 1. The Bertz CT molecular complexity index is 1140. The summed E-state index contributed by atoms with van der Waals surface area (Å²) in [5.74, 6) is 0.223. The van der Waals surface area contributed by atoms with Gasteiger partial charge in [-0.1, -0.05) is 11.6 Å². The molecule has 2 heterocycles. The molecule has 0 spiro atoms. The maximum atomic E-state index is 12.9. The summed E-state index contributed by atoms with van der Waals surface area (Å²) in [6.45, 7) is 3.78. The Kier molecular flexibility index (Phi) is 6.25. The number of fused-ring (bicyclic) bond motifs is 1. The van der Waals surface area contributed by atoms with Gasteiger partial charge in [-0.15, -0.1) is 23.1 Å². The predicted molar refractivity (Wildman–Crippen MR) is 111 cm³/mol. The number of carbonyl (C=O) groups excluding carboxylic acids is 1. The molecule has 0 saturated carbocycles. The largest absolute Gasteiger partial charge is 0.417 e. The normalized spacial score (nSPS) is 11.8. The lowest BCUT2D eigenvalue weighted by Crippen LogP contribution is -2.16. The zero-order chi connectivity index (χ0) is 21.3. The second kappa shape index (κ2) is 8.37. The van der Waals surface area contributed by atoms with E-state index >= 15 is 0 Å². The van der Waals surface area contributed by atoms with Crippen LogP contribution in [0.15, 0.2) is 23.0 Å². The highest BCUT2D eigenvalue weighted by Gasteiger charge is 2.33. The van der Waals surface area contributed by atoms with Gasteiger partial charge in [0, 0.05) is 10.6 Å². The molecule has 0 unspecified atom stereocenters. The minimum atomic E-state index is -4.61. The molecule has 5 nitrogen and oxygen atoms in total. The second-order valence-corrected chi connectivity index (χ2v) is 8.81. The van der Waals surface area contributed by atoms with E-state index in [1.165, 1.54) is 29.2 Å². The van der Waals surface area contributed by atoms with Crippen molar-refractivity contribution in [3.63, 3.8) is 0 Å². The lowest BCUT2D eigenvalue weighted by atomic mass is 10.2. The number of halogens is 4. The summed E-state index contributed by atoms with van der Waals surface area (Å²) in [6, 6.07) is 3.18. The minimum absolute atomic E-state index is 0.00446. The summed E-state index contributed by atoms with van der Waals surface area (Å²) in [4.78, 5) is 33.1. The maximum Gasteiger partial charge on any atom is 0.417 e. The third kappa shape index (κ3) is 4.93. The highest BCUT2D eigenvalue weighted by Crippen LogP contribution is 2.36. The molecule has 3 rings (SSSR count). The summed E-state index contributed by atoms with van der Waals surface area (Å²) in [7, 11) is 0. The molecule has 2 aromatic heterocycles. The van der Waals surface area contributed by atoms with Crippen molar-refractivity contribution in [2.24, 2.45) is 0 Å². The minimum Gasteiger partial charge on any atom is -0.325 e. The van der Waals surface area contributed by atoms with Crippen LogP contribution in [-0.4, -0.2) is 21.6 Å². The number of carbonyl (C=O) groups is 1. The van der Waals surface area contributed by atoms with Gasteiger partial charge in [-0.3, -0.25) is 9.59 Å². The summed E-state index contributed by atoms with van der Waals surface area (Å²) in [6.07, 6.45) is -4.61. The number of thiophene rings is 1. The molecule has 154 valence electrons. The van der Waals surface area contributed by atoms with Crippen molar-refractivity contribution in [1.29, 1.82) is 0 Å². The van der Waals surface area contributed by atoms with Gasteiger partial charge >= 0.3 is 6.18 Å². The van der Waals surface area contributed by atoms with E-state index in [0.29, 0.717) is 16.0 Å². The number of nitrogens with one attached hydrogen (secondary N) is 2. The van der Waals surface area contributed by atoms with Crippen LogP contribution in [0.1, 0.15) is 21.8 Å². The molecule has 0 fully saturated rings. The predicted octanol–water partition coefficient (Wildman–Crippen LogP) is 5.15. The van der Waals surface area contributed by atoms with Crippen molar-refractivity contribution in [1.82, 2.24) is 9.97 Å². The fraction of sp³-hybridized carbons (Fsp3) is 0.278. The second-order valence-electron chi connectivity index (χ2n) is 6.21. The summed E-state index contributed by atoms with van der Waals surface area (Å²) in [5, 5.41) is 2.55. The summed E-state index contributed by atoms with van der Waals surface area (Å²) in [5.41, 5.74) is -0.331. The van der Waals surface area contributed by atoms with Crippen molar-refractivity contribution in [3.8, 4) is 0 Å². The Morgan fingerprint density at radius 1 is 1.34 bits per heavy atom. The quantitative estimate of drug-likeness (QED) is 0.551. The number of aromatic nitrogens is 2. The van der Waals surface area contributed by atoms with Gasteiger partial charge in [-0.05, 0) is 37.6 Å². The maximum absolute atomic E-state index is 12.9. The van der Waals surface area contributed by atoms with Crippen molar-refractivity contribution in [2.75, 3.05) is 11.1 Å². The van der Waals surface area contributed by atoms with Crippen LogP contribution in [-0.2, 0) is 16.7 Å². The Morgan fingerprint density at radius 2 is 2.07 bits per heavy atom. The SMILES string of the molecule is Cc1sc2nc(CSCC(=O)Nc3ccc(Cl)c(C(F)(F)F)c3)[nH]c(=O)c2c1C. The van der Waals surface area contributed by atoms with Crippen LogP contribution in [0.5, 0.6) is 0 Å². The number of aryl methyl sites for hydroxylation is 2. The van der Waals surface area contributed by atoms with E-state index in [1.54, 1.807) is 0 Å². The molecule has 29 heavy (non-hydrogen) atoms. The van der Waals surface area contributed by atoms with E-state index < -0.39 is 22.7 Å². The lowest BCUT2D eigenvalue weighted by Gasteiger charge is -2.11.